The molecule has 0 unspecified atom stereocenters. The fourth-order valence-corrected chi connectivity index (χ4v) is 3.95. The number of piperazine rings is 1. The fourth-order valence-electron chi connectivity index (χ4n) is 3.95. The molecule has 0 bridgehead atoms. The van der Waals surface area contributed by atoms with Gasteiger partial charge in [-0.2, -0.15) is 0 Å². The second kappa shape index (κ2) is 6.50. The molecule has 3 heterocycles. The third kappa shape index (κ3) is 3.12. The SMILES string of the molecule is Cc1ccc(-c2cc(C(=O)N3CCN(C4CC4)CC3)c3ccccc3n2)o1. The summed E-state index contributed by atoms with van der Waals surface area (Å²) in [5.41, 5.74) is 2.25. The van der Waals surface area contributed by atoms with Crippen molar-refractivity contribution >= 4 is 16.8 Å². The molecule has 2 aliphatic rings. The Morgan fingerprint density at radius 3 is 2.56 bits per heavy atom. The third-order valence-corrected chi connectivity index (χ3v) is 5.60. The van der Waals surface area contributed by atoms with E-state index < -0.39 is 0 Å². The van der Waals surface area contributed by atoms with Gasteiger partial charge in [0, 0.05) is 37.6 Å². The quantitative estimate of drug-likeness (QED) is 0.713. The lowest BCUT2D eigenvalue weighted by Gasteiger charge is -2.35. The summed E-state index contributed by atoms with van der Waals surface area (Å²) >= 11 is 0. The zero-order chi connectivity index (χ0) is 18.4. The van der Waals surface area contributed by atoms with E-state index in [1.807, 2.05) is 54.3 Å². The summed E-state index contributed by atoms with van der Waals surface area (Å²) in [6.07, 6.45) is 2.63. The number of hydrogen-bond donors (Lipinski definition) is 0. The monoisotopic (exact) mass is 361 g/mol. The van der Waals surface area contributed by atoms with Crippen LogP contribution in [-0.4, -0.2) is 52.9 Å². The first-order chi connectivity index (χ1) is 13.2. The van der Waals surface area contributed by atoms with Crippen LogP contribution in [0.1, 0.15) is 29.0 Å². The second-order valence-corrected chi connectivity index (χ2v) is 7.54. The predicted molar refractivity (Wildman–Crippen MR) is 105 cm³/mol. The van der Waals surface area contributed by atoms with Crippen LogP contribution in [0.3, 0.4) is 0 Å². The van der Waals surface area contributed by atoms with Crippen LogP contribution in [0.25, 0.3) is 22.4 Å². The van der Waals surface area contributed by atoms with Crippen LogP contribution in [0, 0.1) is 6.92 Å². The van der Waals surface area contributed by atoms with Gasteiger partial charge in [0.1, 0.15) is 11.5 Å². The molecular formula is C22H23N3O2. The van der Waals surface area contributed by atoms with Gasteiger partial charge in [-0.1, -0.05) is 18.2 Å². The maximum absolute atomic E-state index is 13.3. The first-order valence-corrected chi connectivity index (χ1v) is 9.69. The number of nitrogens with zero attached hydrogens (tertiary/aromatic N) is 3. The molecule has 1 aromatic carbocycles. The van der Waals surface area contributed by atoms with Gasteiger partial charge in [0.2, 0.25) is 0 Å². The maximum atomic E-state index is 13.3. The minimum atomic E-state index is 0.0913. The van der Waals surface area contributed by atoms with Crippen molar-refractivity contribution in [1.82, 2.24) is 14.8 Å². The largest absolute Gasteiger partial charge is 0.460 e. The number of hydrogen-bond acceptors (Lipinski definition) is 4. The highest BCUT2D eigenvalue weighted by atomic mass is 16.3. The van der Waals surface area contributed by atoms with Crippen molar-refractivity contribution in [3.63, 3.8) is 0 Å². The molecule has 27 heavy (non-hydrogen) atoms. The number of benzene rings is 1. The number of pyridine rings is 1. The van der Waals surface area contributed by atoms with E-state index in [0.29, 0.717) is 17.0 Å². The van der Waals surface area contributed by atoms with Gasteiger partial charge < -0.3 is 9.32 Å². The van der Waals surface area contributed by atoms with Crippen molar-refractivity contribution in [3.8, 4) is 11.5 Å². The highest BCUT2D eigenvalue weighted by Crippen LogP contribution is 2.29. The first kappa shape index (κ1) is 16.5. The molecule has 2 fully saturated rings. The van der Waals surface area contributed by atoms with Crippen LogP contribution in [-0.2, 0) is 0 Å². The highest BCUT2D eigenvalue weighted by Gasteiger charge is 2.32. The van der Waals surface area contributed by atoms with E-state index >= 15 is 0 Å². The second-order valence-electron chi connectivity index (χ2n) is 7.54. The standard InChI is InChI=1S/C22H23N3O2/c1-15-6-9-21(27-15)20-14-18(17-4-2-3-5-19(17)23-20)22(26)25-12-10-24(11-13-25)16-7-8-16/h2-6,9,14,16H,7-8,10-13H2,1H3. The minimum Gasteiger partial charge on any atom is -0.460 e. The molecule has 3 aromatic rings. The summed E-state index contributed by atoms with van der Waals surface area (Å²) in [7, 11) is 0. The predicted octanol–water partition coefficient (Wildman–Crippen LogP) is 3.72. The number of amides is 1. The number of rotatable bonds is 3. The summed E-state index contributed by atoms with van der Waals surface area (Å²) in [6.45, 7) is 5.45. The van der Waals surface area contributed by atoms with Crippen molar-refractivity contribution in [2.24, 2.45) is 0 Å². The molecule has 1 saturated heterocycles. The normalized spacial score (nSPS) is 18.2. The Balaban J connectivity index is 1.50. The van der Waals surface area contributed by atoms with Crippen molar-refractivity contribution < 1.29 is 9.21 Å². The van der Waals surface area contributed by atoms with Gasteiger partial charge in [-0.3, -0.25) is 9.69 Å². The molecule has 1 aliphatic heterocycles. The van der Waals surface area contributed by atoms with E-state index in [9.17, 15) is 4.79 Å². The van der Waals surface area contributed by atoms with E-state index in [2.05, 4.69) is 4.90 Å². The minimum absolute atomic E-state index is 0.0913. The Labute approximate surface area is 158 Å². The number of aryl methyl sites for hydroxylation is 1. The molecule has 0 atom stereocenters. The zero-order valence-electron chi connectivity index (χ0n) is 15.5. The van der Waals surface area contributed by atoms with Crippen LogP contribution in [0.4, 0.5) is 0 Å². The van der Waals surface area contributed by atoms with Crippen molar-refractivity contribution in [2.45, 2.75) is 25.8 Å². The van der Waals surface area contributed by atoms with Gasteiger partial charge in [0.05, 0.1) is 11.1 Å². The number of fused-ring (bicyclic) bond motifs is 1. The van der Waals surface area contributed by atoms with E-state index in [1.165, 1.54) is 12.8 Å². The summed E-state index contributed by atoms with van der Waals surface area (Å²) in [6, 6.07) is 14.3. The van der Waals surface area contributed by atoms with Crippen LogP contribution in [0.2, 0.25) is 0 Å². The Morgan fingerprint density at radius 1 is 1.07 bits per heavy atom. The molecule has 1 amide bonds. The lowest BCUT2D eigenvalue weighted by molar-refractivity contribution is 0.0629. The molecule has 5 rings (SSSR count). The smallest absolute Gasteiger partial charge is 0.254 e. The molecule has 138 valence electrons. The summed E-state index contributed by atoms with van der Waals surface area (Å²) in [5, 5.41) is 0.902. The molecule has 0 radical (unpaired) electrons. The van der Waals surface area contributed by atoms with Gasteiger partial charge in [0.25, 0.3) is 5.91 Å². The third-order valence-electron chi connectivity index (χ3n) is 5.60. The number of furan rings is 1. The Hall–Kier alpha value is -2.66. The van der Waals surface area contributed by atoms with E-state index in [-0.39, 0.29) is 5.91 Å². The van der Waals surface area contributed by atoms with Gasteiger partial charge in [-0.05, 0) is 44.0 Å². The molecule has 5 nitrogen and oxygen atoms in total. The first-order valence-electron chi connectivity index (χ1n) is 9.69. The number of carbonyl (C=O) groups is 1. The molecule has 0 spiro atoms. The van der Waals surface area contributed by atoms with Crippen LogP contribution >= 0.6 is 0 Å². The fraction of sp³-hybridized carbons (Fsp3) is 0.364. The van der Waals surface area contributed by atoms with Crippen LogP contribution in [0.15, 0.2) is 46.9 Å². The molecule has 1 saturated carbocycles. The lowest BCUT2D eigenvalue weighted by atomic mass is 10.0. The lowest BCUT2D eigenvalue weighted by Crippen LogP contribution is -2.49. The Kier molecular flexibility index (Phi) is 3.97. The van der Waals surface area contributed by atoms with E-state index in [0.717, 1.165) is 48.9 Å². The van der Waals surface area contributed by atoms with E-state index in [4.69, 9.17) is 9.40 Å². The van der Waals surface area contributed by atoms with Crippen LogP contribution in [0.5, 0.6) is 0 Å². The highest BCUT2D eigenvalue weighted by molar-refractivity contribution is 6.07. The molecular weight excluding hydrogens is 338 g/mol. The molecule has 5 heteroatoms. The average molecular weight is 361 g/mol. The zero-order valence-corrected chi connectivity index (χ0v) is 15.5. The topological polar surface area (TPSA) is 49.6 Å². The number of aromatic nitrogens is 1. The maximum Gasteiger partial charge on any atom is 0.254 e. The number of carbonyl (C=O) groups excluding carboxylic acids is 1. The summed E-state index contributed by atoms with van der Waals surface area (Å²) < 4.78 is 5.75. The van der Waals surface area contributed by atoms with Gasteiger partial charge in [-0.15, -0.1) is 0 Å². The number of para-hydroxylation sites is 1. The van der Waals surface area contributed by atoms with Gasteiger partial charge in [0.15, 0.2) is 5.76 Å². The molecule has 1 aliphatic carbocycles. The summed E-state index contributed by atoms with van der Waals surface area (Å²) in [4.78, 5) is 22.6. The Morgan fingerprint density at radius 2 is 1.85 bits per heavy atom. The van der Waals surface area contributed by atoms with Crippen molar-refractivity contribution in [3.05, 3.63) is 53.8 Å². The van der Waals surface area contributed by atoms with Gasteiger partial charge in [-0.25, -0.2) is 4.98 Å². The van der Waals surface area contributed by atoms with Crippen molar-refractivity contribution in [2.75, 3.05) is 26.2 Å². The van der Waals surface area contributed by atoms with Gasteiger partial charge >= 0.3 is 0 Å². The molecule has 0 N–H and O–H groups in total. The average Bonchev–Trinajstić information content (AvgIpc) is 3.47. The Bertz CT molecular complexity index is 998. The summed E-state index contributed by atoms with van der Waals surface area (Å²) in [5.74, 6) is 1.63. The van der Waals surface area contributed by atoms with Crippen molar-refractivity contribution in [1.29, 1.82) is 0 Å². The van der Waals surface area contributed by atoms with Crippen LogP contribution < -0.4 is 0 Å². The molecule has 2 aromatic heterocycles. The van der Waals surface area contributed by atoms with E-state index in [1.54, 1.807) is 0 Å².